The van der Waals surface area contributed by atoms with Gasteiger partial charge in [-0.3, -0.25) is 9.69 Å². The van der Waals surface area contributed by atoms with Crippen LogP contribution in [0.3, 0.4) is 0 Å². The molecule has 1 aliphatic heterocycles. The first-order valence-corrected chi connectivity index (χ1v) is 10.9. The summed E-state index contributed by atoms with van der Waals surface area (Å²) in [6.07, 6.45) is 5.16. The molecule has 0 saturated carbocycles. The normalized spacial score (nSPS) is 18.2. The van der Waals surface area contributed by atoms with Gasteiger partial charge in [0.25, 0.3) is 0 Å². The number of Topliss-reactive ketones (excluding diaryl/α,β-unsaturated/α-hetero) is 1. The molecule has 0 unspecified atom stereocenters. The molecule has 4 nitrogen and oxygen atoms in total. The zero-order valence-electron chi connectivity index (χ0n) is 18.6. The summed E-state index contributed by atoms with van der Waals surface area (Å²) in [4.78, 5) is 15.5. The van der Waals surface area contributed by atoms with Gasteiger partial charge in [-0.05, 0) is 69.0 Å². The van der Waals surface area contributed by atoms with Crippen LogP contribution in [0, 0.1) is 5.92 Å². The van der Waals surface area contributed by atoms with E-state index < -0.39 is 0 Å². The quantitative estimate of drug-likeness (QED) is 0.556. The van der Waals surface area contributed by atoms with E-state index in [1.807, 2.05) is 26.0 Å². The Hall–Kier alpha value is -2.30. The molecule has 0 N–H and O–H groups in total. The van der Waals surface area contributed by atoms with Crippen molar-refractivity contribution < 1.29 is 14.3 Å². The molecule has 2 aromatic rings. The average Bonchev–Trinajstić information content (AvgIpc) is 3.04. The van der Waals surface area contributed by atoms with E-state index in [9.17, 15) is 4.79 Å². The van der Waals surface area contributed by atoms with Gasteiger partial charge in [-0.2, -0.15) is 0 Å². The molecule has 0 radical (unpaired) electrons. The summed E-state index contributed by atoms with van der Waals surface area (Å²) in [6.45, 7) is 7.11. The van der Waals surface area contributed by atoms with Gasteiger partial charge in [-0.1, -0.05) is 36.4 Å². The van der Waals surface area contributed by atoms with E-state index in [0.717, 1.165) is 49.2 Å². The highest BCUT2D eigenvalue weighted by atomic mass is 35.5. The number of hydrogen-bond donors (Lipinski definition) is 0. The highest BCUT2D eigenvalue weighted by molar-refractivity contribution is 6.13. The van der Waals surface area contributed by atoms with Gasteiger partial charge >= 0.3 is 0 Å². The zero-order chi connectivity index (χ0) is 21.1. The van der Waals surface area contributed by atoms with E-state index in [0.29, 0.717) is 23.8 Å². The first-order chi connectivity index (χ1) is 14.5. The van der Waals surface area contributed by atoms with Crippen LogP contribution in [-0.2, 0) is 13.0 Å². The van der Waals surface area contributed by atoms with Crippen molar-refractivity contribution in [2.24, 2.45) is 5.92 Å². The summed E-state index contributed by atoms with van der Waals surface area (Å²) in [7, 11) is 1.64. The maximum absolute atomic E-state index is 13.0. The smallest absolute Gasteiger partial charge is 0.189 e. The molecule has 31 heavy (non-hydrogen) atoms. The van der Waals surface area contributed by atoms with Crippen LogP contribution >= 0.6 is 12.4 Å². The average molecular weight is 442 g/mol. The van der Waals surface area contributed by atoms with Crippen LogP contribution in [0.2, 0.25) is 0 Å². The Kier molecular flexibility index (Phi) is 7.79. The van der Waals surface area contributed by atoms with E-state index in [-0.39, 0.29) is 24.3 Å². The summed E-state index contributed by atoms with van der Waals surface area (Å²) in [6, 6.07) is 14.5. The van der Waals surface area contributed by atoms with Crippen LogP contribution in [0.15, 0.2) is 54.1 Å². The lowest BCUT2D eigenvalue weighted by atomic mass is 9.93. The monoisotopic (exact) mass is 441 g/mol. The van der Waals surface area contributed by atoms with Gasteiger partial charge in [-0.25, -0.2) is 0 Å². The minimum atomic E-state index is 0. The highest BCUT2D eigenvalue weighted by Crippen LogP contribution is 2.38. The highest BCUT2D eigenvalue weighted by Gasteiger charge is 2.29. The number of methoxy groups -OCH3 is 1. The second-order valence-electron chi connectivity index (χ2n) is 8.62. The number of benzene rings is 2. The third-order valence-corrected chi connectivity index (χ3v) is 5.99. The molecule has 0 amide bonds. The first-order valence-electron chi connectivity index (χ1n) is 10.9. The largest absolute Gasteiger partial charge is 0.493 e. The number of hydrogen-bond acceptors (Lipinski definition) is 4. The molecule has 2 aromatic carbocycles. The van der Waals surface area contributed by atoms with E-state index in [1.165, 1.54) is 5.56 Å². The third-order valence-electron chi connectivity index (χ3n) is 5.99. The Morgan fingerprint density at radius 2 is 1.81 bits per heavy atom. The number of halogens is 1. The Morgan fingerprint density at radius 1 is 1.10 bits per heavy atom. The molecule has 166 valence electrons. The molecule has 4 rings (SSSR count). The number of fused-ring (bicyclic) bond motifs is 1. The van der Waals surface area contributed by atoms with Gasteiger partial charge < -0.3 is 9.47 Å². The van der Waals surface area contributed by atoms with Crippen molar-refractivity contribution in [3.05, 3.63) is 70.8 Å². The van der Waals surface area contributed by atoms with Crippen LogP contribution in [0.4, 0.5) is 0 Å². The molecular formula is C26H32ClNO3. The number of carbonyl (C=O) groups excluding carboxylic acids is 1. The number of piperidine rings is 1. The second-order valence-corrected chi connectivity index (χ2v) is 8.62. The Morgan fingerprint density at radius 3 is 2.45 bits per heavy atom. The van der Waals surface area contributed by atoms with Crippen molar-refractivity contribution in [2.45, 2.75) is 45.8 Å². The lowest BCUT2D eigenvalue weighted by molar-refractivity contribution is 0.103. The molecule has 0 aromatic heterocycles. The minimum Gasteiger partial charge on any atom is -0.493 e. The second kappa shape index (κ2) is 10.3. The number of ether oxygens (including phenoxy) is 2. The van der Waals surface area contributed by atoms with Crippen LogP contribution in [0.5, 0.6) is 11.5 Å². The number of nitrogens with zero attached hydrogens (tertiary/aromatic N) is 1. The molecule has 1 saturated heterocycles. The van der Waals surface area contributed by atoms with E-state index >= 15 is 0 Å². The predicted octanol–water partition coefficient (Wildman–Crippen LogP) is 5.48. The van der Waals surface area contributed by atoms with Gasteiger partial charge in [-0.15, -0.1) is 12.4 Å². The summed E-state index contributed by atoms with van der Waals surface area (Å²) in [5, 5.41) is 0. The maximum Gasteiger partial charge on any atom is 0.189 e. The molecule has 5 heteroatoms. The van der Waals surface area contributed by atoms with Crippen LogP contribution in [0.1, 0.15) is 48.2 Å². The molecule has 0 bridgehead atoms. The molecule has 1 aliphatic carbocycles. The fourth-order valence-electron chi connectivity index (χ4n) is 4.46. The molecular weight excluding hydrogens is 410 g/mol. The van der Waals surface area contributed by atoms with Crippen molar-refractivity contribution in [1.29, 1.82) is 0 Å². The Bertz CT molecular complexity index is 931. The summed E-state index contributed by atoms with van der Waals surface area (Å²) >= 11 is 0. The molecule has 0 atom stereocenters. The minimum absolute atomic E-state index is 0. The van der Waals surface area contributed by atoms with Crippen molar-refractivity contribution in [2.75, 3.05) is 20.2 Å². The fourth-order valence-corrected chi connectivity index (χ4v) is 4.46. The number of allylic oxidation sites excluding steroid dienone is 2. The lowest BCUT2D eigenvalue weighted by Gasteiger charge is -2.30. The number of carbonyl (C=O) groups is 1. The molecule has 1 fully saturated rings. The summed E-state index contributed by atoms with van der Waals surface area (Å²) < 4.78 is 11.3. The number of likely N-dealkylation sites (tertiary alicyclic amines) is 1. The van der Waals surface area contributed by atoms with Gasteiger partial charge in [0.1, 0.15) is 0 Å². The lowest BCUT2D eigenvalue weighted by Crippen LogP contribution is -2.32. The predicted molar refractivity (Wildman–Crippen MR) is 127 cm³/mol. The topological polar surface area (TPSA) is 38.8 Å². The van der Waals surface area contributed by atoms with Gasteiger partial charge in [0.05, 0.1) is 13.2 Å². The molecule has 1 heterocycles. The standard InChI is InChI=1S/C26H31NO3.ClH/c1-18(2)30-25-16-23-21(15-24(25)29-3)14-22(26(23)28)13-19-9-11-27(12-10-19)17-20-7-5-4-6-8-20;/h4-8,13,15-16,18-19H,9-12,14,17H2,1-3H3;1H. The van der Waals surface area contributed by atoms with E-state index in [2.05, 4.69) is 41.3 Å². The van der Waals surface area contributed by atoms with Crippen molar-refractivity contribution in [3.8, 4) is 11.5 Å². The van der Waals surface area contributed by atoms with Crippen molar-refractivity contribution >= 4 is 18.2 Å². The van der Waals surface area contributed by atoms with Gasteiger partial charge in [0.2, 0.25) is 0 Å². The van der Waals surface area contributed by atoms with Crippen LogP contribution in [-0.4, -0.2) is 37.0 Å². The Balaban J connectivity index is 0.00000272. The first kappa shape index (κ1) is 23.4. The number of ketones is 1. The van der Waals surface area contributed by atoms with Gasteiger partial charge in [0, 0.05) is 24.1 Å². The zero-order valence-corrected chi connectivity index (χ0v) is 19.4. The van der Waals surface area contributed by atoms with Crippen molar-refractivity contribution in [3.63, 3.8) is 0 Å². The molecule has 0 spiro atoms. The van der Waals surface area contributed by atoms with Crippen LogP contribution in [0.25, 0.3) is 0 Å². The fraction of sp³-hybridized carbons (Fsp3) is 0.423. The molecule has 2 aliphatic rings. The maximum atomic E-state index is 13.0. The van der Waals surface area contributed by atoms with E-state index in [1.54, 1.807) is 7.11 Å². The SMILES string of the molecule is COc1cc2c(cc1OC(C)C)C(=O)C(=CC1CCN(Cc3ccccc3)CC1)C2.Cl. The van der Waals surface area contributed by atoms with Crippen LogP contribution < -0.4 is 9.47 Å². The Labute approximate surface area is 191 Å². The number of rotatable bonds is 6. The third kappa shape index (κ3) is 5.50. The van der Waals surface area contributed by atoms with E-state index in [4.69, 9.17) is 9.47 Å². The summed E-state index contributed by atoms with van der Waals surface area (Å²) in [5.41, 5.74) is 4.10. The van der Waals surface area contributed by atoms with Gasteiger partial charge in [0.15, 0.2) is 17.3 Å². The summed E-state index contributed by atoms with van der Waals surface area (Å²) in [5.74, 6) is 1.97. The van der Waals surface area contributed by atoms with Crippen molar-refractivity contribution in [1.82, 2.24) is 4.90 Å².